The highest BCUT2D eigenvalue weighted by Crippen LogP contribution is 2.28. The zero-order valence-electron chi connectivity index (χ0n) is 10.1. The van der Waals surface area contributed by atoms with Crippen LogP contribution in [0.1, 0.15) is 12.0 Å². The molecule has 0 aromatic heterocycles. The third-order valence-electron chi connectivity index (χ3n) is 2.49. The Morgan fingerprint density at radius 1 is 1.47 bits per heavy atom. The maximum Gasteiger partial charge on any atom is 0.390 e. The minimum atomic E-state index is -4.21. The molecule has 4 nitrogen and oxygen atoms in total. The summed E-state index contributed by atoms with van der Waals surface area (Å²) in [4.78, 5) is 1.39. The van der Waals surface area contributed by atoms with E-state index in [-0.39, 0.29) is 17.4 Å². The Bertz CT molecular complexity index is 477. The van der Waals surface area contributed by atoms with Gasteiger partial charge in [0.25, 0.3) is 0 Å². The lowest BCUT2D eigenvalue weighted by Gasteiger charge is -2.21. The summed E-state index contributed by atoms with van der Waals surface area (Å²) in [6.45, 7) is -0.202. The van der Waals surface area contributed by atoms with E-state index in [1.165, 1.54) is 30.1 Å². The number of halogens is 4. The van der Waals surface area contributed by atoms with E-state index in [0.717, 1.165) is 0 Å². The number of benzene rings is 1. The smallest absolute Gasteiger partial charge is 0.390 e. The zero-order chi connectivity index (χ0) is 14.6. The van der Waals surface area contributed by atoms with Crippen LogP contribution in [0, 0.1) is 0 Å². The Morgan fingerprint density at radius 2 is 2.11 bits per heavy atom. The summed E-state index contributed by atoms with van der Waals surface area (Å²) in [6, 6.07) is 4.46. The summed E-state index contributed by atoms with van der Waals surface area (Å²) in [5, 5.41) is 11.6. The number of nitrogens with zero attached hydrogens (tertiary/aromatic N) is 2. The van der Waals surface area contributed by atoms with Crippen molar-refractivity contribution < 1.29 is 18.4 Å². The van der Waals surface area contributed by atoms with Crippen molar-refractivity contribution in [2.75, 3.05) is 18.5 Å². The molecule has 0 fully saturated rings. The second kappa shape index (κ2) is 6.01. The van der Waals surface area contributed by atoms with Gasteiger partial charge in [0.15, 0.2) is 5.84 Å². The monoisotopic (exact) mass is 295 g/mol. The molecule has 8 heteroatoms. The number of oxime groups is 1. The molecule has 1 rings (SSSR count). The van der Waals surface area contributed by atoms with Gasteiger partial charge in [-0.2, -0.15) is 13.2 Å². The molecule has 0 bridgehead atoms. The van der Waals surface area contributed by atoms with Gasteiger partial charge in [0.05, 0.1) is 17.1 Å². The van der Waals surface area contributed by atoms with Crippen LogP contribution in [0.2, 0.25) is 5.02 Å². The molecule has 0 aliphatic carbocycles. The Balaban J connectivity index is 2.85. The van der Waals surface area contributed by atoms with Crippen molar-refractivity contribution in [1.82, 2.24) is 0 Å². The van der Waals surface area contributed by atoms with Crippen molar-refractivity contribution >= 4 is 23.1 Å². The lowest BCUT2D eigenvalue weighted by Crippen LogP contribution is -2.24. The Kier molecular flexibility index (Phi) is 4.88. The highest BCUT2D eigenvalue weighted by molar-refractivity contribution is 6.33. The quantitative estimate of drug-likeness (QED) is 0.389. The van der Waals surface area contributed by atoms with Gasteiger partial charge in [-0.25, -0.2) is 0 Å². The highest BCUT2D eigenvalue weighted by atomic mass is 35.5. The van der Waals surface area contributed by atoms with Crippen molar-refractivity contribution in [2.24, 2.45) is 10.9 Å². The Morgan fingerprint density at radius 3 is 2.58 bits per heavy atom. The molecule has 1 aromatic carbocycles. The SMILES string of the molecule is CN(CCC(F)(F)F)c1ccc(C(N)=NO)cc1Cl. The van der Waals surface area contributed by atoms with E-state index in [1.807, 2.05) is 0 Å². The number of hydrogen-bond acceptors (Lipinski definition) is 3. The van der Waals surface area contributed by atoms with Gasteiger partial charge in [-0.1, -0.05) is 16.8 Å². The lowest BCUT2D eigenvalue weighted by molar-refractivity contribution is -0.132. The van der Waals surface area contributed by atoms with Crippen molar-refractivity contribution in [2.45, 2.75) is 12.6 Å². The molecule has 0 spiro atoms. The molecule has 3 N–H and O–H groups in total. The average Bonchev–Trinajstić information content (AvgIpc) is 2.34. The zero-order valence-corrected chi connectivity index (χ0v) is 10.8. The topological polar surface area (TPSA) is 61.8 Å². The minimum Gasteiger partial charge on any atom is -0.409 e. The van der Waals surface area contributed by atoms with E-state index in [9.17, 15) is 13.2 Å². The van der Waals surface area contributed by atoms with Crippen LogP contribution in [0.3, 0.4) is 0 Å². The maximum absolute atomic E-state index is 12.1. The van der Waals surface area contributed by atoms with E-state index >= 15 is 0 Å². The van der Waals surface area contributed by atoms with Crippen LogP contribution in [0.4, 0.5) is 18.9 Å². The predicted octanol–water partition coefficient (Wildman–Crippen LogP) is 2.82. The molecule has 0 aliphatic rings. The van der Waals surface area contributed by atoms with Crippen LogP contribution >= 0.6 is 11.6 Å². The van der Waals surface area contributed by atoms with Gasteiger partial charge >= 0.3 is 6.18 Å². The van der Waals surface area contributed by atoms with Crippen molar-refractivity contribution in [3.63, 3.8) is 0 Å². The van der Waals surface area contributed by atoms with E-state index < -0.39 is 12.6 Å². The molecule has 0 atom stereocenters. The molecule has 19 heavy (non-hydrogen) atoms. The normalized spacial score (nSPS) is 12.6. The minimum absolute atomic E-state index is 0.119. The second-order valence-corrected chi connectivity index (χ2v) is 4.35. The van der Waals surface area contributed by atoms with Crippen LogP contribution in [0.5, 0.6) is 0 Å². The molecular weight excluding hydrogens is 283 g/mol. The Labute approximate surface area is 113 Å². The van der Waals surface area contributed by atoms with Crippen LogP contribution in [-0.2, 0) is 0 Å². The van der Waals surface area contributed by atoms with Crippen LogP contribution < -0.4 is 10.6 Å². The summed E-state index contributed by atoms with van der Waals surface area (Å²) in [5.74, 6) is -0.119. The van der Waals surface area contributed by atoms with Crippen LogP contribution in [0.25, 0.3) is 0 Å². The van der Waals surface area contributed by atoms with Crippen LogP contribution in [0.15, 0.2) is 23.4 Å². The summed E-state index contributed by atoms with van der Waals surface area (Å²) in [6.07, 6.45) is -5.14. The molecule has 0 unspecified atom stereocenters. The summed E-state index contributed by atoms with van der Waals surface area (Å²) in [5.41, 5.74) is 6.22. The first-order chi connectivity index (χ1) is 8.74. The number of nitrogens with two attached hydrogens (primary N) is 1. The van der Waals surface area contributed by atoms with Gasteiger partial charge in [0.2, 0.25) is 0 Å². The molecule has 0 heterocycles. The van der Waals surface area contributed by atoms with Crippen molar-refractivity contribution in [3.05, 3.63) is 28.8 Å². The summed E-state index contributed by atoms with van der Waals surface area (Å²) >= 11 is 5.96. The first kappa shape index (κ1) is 15.4. The molecule has 0 saturated carbocycles. The third-order valence-corrected chi connectivity index (χ3v) is 2.80. The lowest BCUT2D eigenvalue weighted by atomic mass is 10.2. The summed E-state index contributed by atoms with van der Waals surface area (Å²) in [7, 11) is 1.51. The number of anilines is 1. The van der Waals surface area contributed by atoms with Crippen molar-refractivity contribution in [3.8, 4) is 0 Å². The molecule has 0 amide bonds. The number of rotatable bonds is 4. The molecule has 106 valence electrons. The predicted molar refractivity (Wildman–Crippen MR) is 67.9 cm³/mol. The summed E-state index contributed by atoms with van der Waals surface area (Å²) < 4.78 is 36.4. The van der Waals surface area contributed by atoms with Gasteiger partial charge in [0, 0.05) is 19.2 Å². The highest BCUT2D eigenvalue weighted by Gasteiger charge is 2.27. The first-order valence-electron chi connectivity index (χ1n) is 5.30. The fraction of sp³-hybridized carbons (Fsp3) is 0.364. The van der Waals surface area contributed by atoms with E-state index in [2.05, 4.69) is 5.16 Å². The van der Waals surface area contributed by atoms with E-state index in [4.69, 9.17) is 22.5 Å². The molecule has 1 aromatic rings. The molecule has 0 aliphatic heterocycles. The fourth-order valence-corrected chi connectivity index (χ4v) is 1.77. The van der Waals surface area contributed by atoms with E-state index in [1.54, 1.807) is 0 Å². The van der Waals surface area contributed by atoms with Crippen molar-refractivity contribution in [1.29, 1.82) is 0 Å². The second-order valence-electron chi connectivity index (χ2n) is 3.94. The molecule has 0 radical (unpaired) electrons. The van der Waals surface area contributed by atoms with Gasteiger partial charge < -0.3 is 15.8 Å². The number of alkyl halides is 3. The average molecular weight is 296 g/mol. The molecular formula is C11H13ClF3N3O. The Hall–Kier alpha value is -1.63. The largest absolute Gasteiger partial charge is 0.409 e. The maximum atomic E-state index is 12.1. The van der Waals surface area contributed by atoms with Gasteiger partial charge in [-0.05, 0) is 18.2 Å². The standard InChI is InChI=1S/C11H13ClF3N3O/c1-18(5-4-11(13,14)15)9-3-2-7(6-8(9)12)10(16)17-19/h2-3,6,19H,4-5H2,1H3,(H2,16,17). The number of amidine groups is 1. The van der Waals surface area contributed by atoms with Gasteiger partial charge in [-0.15, -0.1) is 0 Å². The third kappa shape index (κ3) is 4.51. The first-order valence-corrected chi connectivity index (χ1v) is 5.67. The molecule has 0 saturated heterocycles. The fourth-order valence-electron chi connectivity index (χ4n) is 1.45. The van der Waals surface area contributed by atoms with E-state index in [0.29, 0.717) is 11.3 Å². The van der Waals surface area contributed by atoms with Crippen LogP contribution in [-0.4, -0.2) is 30.8 Å². The van der Waals surface area contributed by atoms with Gasteiger partial charge in [0.1, 0.15) is 0 Å². The number of hydrogen-bond donors (Lipinski definition) is 2. The van der Waals surface area contributed by atoms with Gasteiger partial charge in [-0.3, -0.25) is 0 Å².